The van der Waals surface area contributed by atoms with Gasteiger partial charge in [0, 0.05) is 12.7 Å². The Morgan fingerprint density at radius 3 is 2.93 bits per heavy atom. The van der Waals surface area contributed by atoms with E-state index in [1.807, 2.05) is 32.0 Å². The number of carbonyl (C=O) groups is 1. The number of hydrogen-bond donors (Lipinski definition) is 2. The van der Waals surface area contributed by atoms with Crippen LogP contribution in [0.1, 0.15) is 41.7 Å². The molecule has 8 heteroatoms. The zero-order valence-electron chi connectivity index (χ0n) is 15.0. The molecule has 0 radical (unpaired) electrons. The number of fused-ring (bicyclic) bond motifs is 2. The number of rotatable bonds is 5. The normalized spacial score (nSPS) is 12.7. The smallest absolute Gasteiger partial charge is 0.253 e. The summed E-state index contributed by atoms with van der Waals surface area (Å²) in [5.74, 6) is 0.232. The van der Waals surface area contributed by atoms with Crippen molar-refractivity contribution in [1.82, 2.24) is 24.9 Å². The number of benzene rings is 1. The molecule has 0 saturated heterocycles. The van der Waals surface area contributed by atoms with E-state index < -0.39 is 6.10 Å². The second-order valence-corrected chi connectivity index (χ2v) is 7.55. The lowest BCUT2D eigenvalue weighted by molar-refractivity contribution is 0.0949. The van der Waals surface area contributed by atoms with E-state index in [9.17, 15) is 9.90 Å². The summed E-state index contributed by atoms with van der Waals surface area (Å²) in [4.78, 5) is 16.9. The van der Waals surface area contributed by atoms with Gasteiger partial charge in [-0.3, -0.25) is 9.20 Å². The highest BCUT2D eigenvalue weighted by molar-refractivity contribution is 7.16. The third-order valence-corrected chi connectivity index (χ3v) is 5.38. The van der Waals surface area contributed by atoms with E-state index in [1.54, 1.807) is 39.6 Å². The fraction of sp³-hybridized carbons (Fsp3) is 0.263. The van der Waals surface area contributed by atoms with Crippen molar-refractivity contribution < 1.29 is 9.90 Å². The lowest BCUT2D eigenvalue weighted by Crippen LogP contribution is -2.23. The SMILES string of the molecule is CC(C)C(O)c1nnc2ccc(C(=O)NCc3cccc4ncsc34)cn12. The van der Waals surface area contributed by atoms with Crippen molar-refractivity contribution >= 4 is 33.1 Å². The molecule has 0 bridgehead atoms. The molecule has 1 aromatic carbocycles. The van der Waals surface area contributed by atoms with Gasteiger partial charge >= 0.3 is 0 Å². The quantitative estimate of drug-likeness (QED) is 0.554. The van der Waals surface area contributed by atoms with Crippen molar-refractivity contribution in [2.45, 2.75) is 26.5 Å². The number of aliphatic hydroxyl groups is 1. The maximum Gasteiger partial charge on any atom is 0.253 e. The zero-order valence-corrected chi connectivity index (χ0v) is 15.8. The number of nitrogens with one attached hydrogen (secondary N) is 1. The second-order valence-electron chi connectivity index (χ2n) is 6.69. The summed E-state index contributed by atoms with van der Waals surface area (Å²) in [6.07, 6.45) is 0.918. The minimum absolute atomic E-state index is 0.00484. The van der Waals surface area contributed by atoms with Crippen LogP contribution >= 0.6 is 11.3 Å². The van der Waals surface area contributed by atoms with Crippen LogP contribution in [-0.4, -0.2) is 30.6 Å². The van der Waals surface area contributed by atoms with Gasteiger partial charge in [0.25, 0.3) is 5.91 Å². The molecule has 0 aliphatic carbocycles. The number of nitrogens with zero attached hydrogens (tertiary/aromatic N) is 4. The van der Waals surface area contributed by atoms with E-state index in [1.165, 1.54) is 0 Å². The lowest BCUT2D eigenvalue weighted by atomic mass is 10.1. The Labute approximate surface area is 159 Å². The molecule has 0 saturated carbocycles. The molecule has 0 fully saturated rings. The fourth-order valence-corrected chi connectivity index (χ4v) is 3.71. The van der Waals surface area contributed by atoms with Crippen molar-refractivity contribution in [3.8, 4) is 0 Å². The van der Waals surface area contributed by atoms with E-state index >= 15 is 0 Å². The molecule has 1 unspecified atom stereocenters. The van der Waals surface area contributed by atoms with E-state index in [4.69, 9.17) is 0 Å². The number of aromatic nitrogens is 4. The number of amides is 1. The summed E-state index contributed by atoms with van der Waals surface area (Å²) in [6.45, 7) is 4.23. The third-order valence-electron chi connectivity index (χ3n) is 4.46. The third kappa shape index (κ3) is 3.29. The Balaban J connectivity index is 1.57. The summed E-state index contributed by atoms with van der Waals surface area (Å²) in [6, 6.07) is 9.31. The van der Waals surface area contributed by atoms with Crippen LogP contribution in [0.5, 0.6) is 0 Å². The van der Waals surface area contributed by atoms with Crippen molar-refractivity contribution in [2.75, 3.05) is 0 Å². The standard InChI is InChI=1S/C19H19N5O2S/c1-11(2)16(25)18-23-22-15-7-6-13(9-24(15)18)19(26)20-8-12-4-3-5-14-17(12)27-10-21-14/h3-7,9-11,16,25H,8H2,1-2H3,(H,20,26). The van der Waals surface area contributed by atoms with Gasteiger partial charge in [0.1, 0.15) is 6.10 Å². The van der Waals surface area contributed by atoms with Crippen LogP contribution < -0.4 is 5.32 Å². The Hall–Kier alpha value is -2.84. The first-order valence-corrected chi connectivity index (χ1v) is 9.54. The van der Waals surface area contributed by atoms with Gasteiger partial charge in [-0.2, -0.15) is 0 Å². The summed E-state index contributed by atoms with van der Waals surface area (Å²) in [7, 11) is 0. The molecule has 3 aromatic heterocycles. The summed E-state index contributed by atoms with van der Waals surface area (Å²) in [5, 5.41) is 21.4. The molecule has 1 amide bonds. The first-order valence-electron chi connectivity index (χ1n) is 8.66. The van der Waals surface area contributed by atoms with Crippen LogP contribution in [0, 0.1) is 5.92 Å². The molecule has 138 valence electrons. The molecular formula is C19H19N5O2S. The van der Waals surface area contributed by atoms with E-state index in [2.05, 4.69) is 20.5 Å². The molecule has 4 rings (SSSR count). The second kappa shape index (κ2) is 7.05. The minimum Gasteiger partial charge on any atom is -0.385 e. The van der Waals surface area contributed by atoms with Gasteiger partial charge in [-0.1, -0.05) is 26.0 Å². The van der Waals surface area contributed by atoms with Crippen molar-refractivity contribution in [3.63, 3.8) is 0 Å². The van der Waals surface area contributed by atoms with Gasteiger partial charge in [0.15, 0.2) is 11.5 Å². The highest BCUT2D eigenvalue weighted by atomic mass is 32.1. The number of thiazole rings is 1. The van der Waals surface area contributed by atoms with Crippen LogP contribution in [0.2, 0.25) is 0 Å². The summed E-state index contributed by atoms with van der Waals surface area (Å²) in [5.41, 5.74) is 4.85. The number of aliphatic hydroxyl groups excluding tert-OH is 1. The molecule has 7 nitrogen and oxygen atoms in total. The molecule has 1 atom stereocenters. The van der Waals surface area contributed by atoms with Gasteiger partial charge in [-0.15, -0.1) is 21.5 Å². The molecule has 0 aliphatic heterocycles. The first-order chi connectivity index (χ1) is 13.0. The number of hydrogen-bond acceptors (Lipinski definition) is 6. The largest absolute Gasteiger partial charge is 0.385 e. The summed E-state index contributed by atoms with van der Waals surface area (Å²) >= 11 is 1.56. The van der Waals surface area contributed by atoms with Crippen molar-refractivity contribution in [1.29, 1.82) is 0 Å². The number of pyridine rings is 1. The molecule has 2 N–H and O–H groups in total. The van der Waals surface area contributed by atoms with Crippen molar-refractivity contribution in [3.05, 3.63) is 59.0 Å². The van der Waals surface area contributed by atoms with E-state index in [0.29, 0.717) is 23.6 Å². The van der Waals surface area contributed by atoms with Gasteiger partial charge in [0.2, 0.25) is 0 Å². The zero-order chi connectivity index (χ0) is 19.0. The first kappa shape index (κ1) is 17.6. The Kier molecular flexibility index (Phi) is 4.59. The monoisotopic (exact) mass is 381 g/mol. The van der Waals surface area contributed by atoms with E-state index in [0.717, 1.165) is 15.8 Å². The van der Waals surface area contributed by atoms with Crippen LogP contribution in [0.4, 0.5) is 0 Å². The predicted molar refractivity (Wildman–Crippen MR) is 104 cm³/mol. The van der Waals surface area contributed by atoms with Gasteiger partial charge in [-0.25, -0.2) is 4.98 Å². The average molecular weight is 381 g/mol. The van der Waals surface area contributed by atoms with Gasteiger partial charge in [-0.05, 0) is 29.7 Å². The van der Waals surface area contributed by atoms with Crippen LogP contribution in [0.3, 0.4) is 0 Å². The fourth-order valence-electron chi connectivity index (χ4n) is 2.90. The van der Waals surface area contributed by atoms with Gasteiger partial charge < -0.3 is 10.4 Å². The molecule has 27 heavy (non-hydrogen) atoms. The lowest BCUT2D eigenvalue weighted by Gasteiger charge is -2.12. The maximum absolute atomic E-state index is 12.6. The minimum atomic E-state index is -0.748. The Morgan fingerprint density at radius 2 is 2.11 bits per heavy atom. The molecule has 0 spiro atoms. The van der Waals surface area contributed by atoms with E-state index in [-0.39, 0.29) is 11.8 Å². The van der Waals surface area contributed by atoms with Crippen LogP contribution in [-0.2, 0) is 6.54 Å². The molecular weight excluding hydrogens is 362 g/mol. The summed E-state index contributed by atoms with van der Waals surface area (Å²) < 4.78 is 2.75. The Morgan fingerprint density at radius 1 is 1.26 bits per heavy atom. The molecule has 4 aromatic rings. The van der Waals surface area contributed by atoms with Gasteiger partial charge in [0.05, 0.1) is 21.3 Å². The van der Waals surface area contributed by atoms with Crippen molar-refractivity contribution in [2.24, 2.45) is 5.92 Å². The predicted octanol–water partition coefficient (Wildman–Crippen LogP) is 2.96. The average Bonchev–Trinajstić information content (AvgIpc) is 3.31. The van der Waals surface area contributed by atoms with Crippen LogP contribution in [0.15, 0.2) is 42.0 Å². The maximum atomic E-state index is 12.6. The van der Waals surface area contributed by atoms with Crippen LogP contribution in [0.25, 0.3) is 15.9 Å². The molecule has 0 aliphatic rings. The highest BCUT2D eigenvalue weighted by Crippen LogP contribution is 2.23. The Bertz CT molecular complexity index is 1120. The molecule has 3 heterocycles. The highest BCUT2D eigenvalue weighted by Gasteiger charge is 2.19. The topological polar surface area (TPSA) is 92.4 Å². The number of carbonyl (C=O) groups excluding carboxylic acids is 1.